The normalized spacial score (nSPS) is 39.8. The topological polar surface area (TPSA) is 32.7 Å². The van der Waals surface area contributed by atoms with Crippen LogP contribution in [0.4, 0.5) is 0 Å². The SMILES string of the molecule is CN(C1CCOC1)C1CC(O)CCC12CCCC2. The minimum absolute atomic E-state index is 0.0778. The van der Waals surface area contributed by atoms with Gasteiger partial charge in [-0.2, -0.15) is 0 Å². The number of hydrogen-bond donors (Lipinski definition) is 1. The van der Waals surface area contributed by atoms with E-state index in [2.05, 4.69) is 11.9 Å². The van der Waals surface area contributed by atoms with E-state index in [9.17, 15) is 5.11 Å². The van der Waals surface area contributed by atoms with Crippen molar-refractivity contribution in [3.63, 3.8) is 0 Å². The molecule has 3 unspecified atom stereocenters. The van der Waals surface area contributed by atoms with Crippen molar-refractivity contribution in [2.75, 3.05) is 20.3 Å². The summed E-state index contributed by atoms with van der Waals surface area (Å²) in [5, 5.41) is 10.1. The smallest absolute Gasteiger partial charge is 0.0622 e. The number of rotatable bonds is 2. The summed E-state index contributed by atoms with van der Waals surface area (Å²) >= 11 is 0. The molecule has 1 N–H and O–H groups in total. The van der Waals surface area contributed by atoms with E-state index < -0.39 is 0 Å². The molecule has 1 saturated heterocycles. The van der Waals surface area contributed by atoms with Crippen LogP contribution >= 0.6 is 0 Å². The minimum Gasteiger partial charge on any atom is -0.393 e. The molecule has 3 atom stereocenters. The van der Waals surface area contributed by atoms with E-state index in [1.165, 1.54) is 38.5 Å². The van der Waals surface area contributed by atoms with Gasteiger partial charge in [-0.15, -0.1) is 0 Å². The standard InChI is InChI=1S/C15H27NO2/c1-16(12-5-9-18-11-12)14-10-13(17)4-8-15(14)6-2-3-7-15/h12-14,17H,2-11H2,1H3. The highest BCUT2D eigenvalue weighted by atomic mass is 16.5. The van der Waals surface area contributed by atoms with Gasteiger partial charge in [0.2, 0.25) is 0 Å². The summed E-state index contributed by atoms with van der Waals surface area (Å²) in [5.41, 5.74) is 0.510. The van der Waals surface area contributed by atoms with Crippen LogP contribution in [0, 0.1) is 5.41 Å². The van der Waals surface area contributed by atoms with Gasteiger partial charge in [-0.05, 0) is 51.0 Å². The summed E-state index contributed by atoms with van der Waals surface area (Å²) in [6.07, 6.45) is 9.86. The first kappa shape index (κ1) is 12.9. The van der Waals surface area contributed by atoms with Gasteiger partial charge in [-0.3, -0.25) is 4.90 Å². The Morgan fingerprint density at radius 3 is 2.61 bits per heavy atom. The zero-order valence-corrected chi connectivity index (χ0v) is 11.6. The van der Waals surface area contributed by atoms with Gasteiger partial charge in [-0.1, -0.05) is 12.8 Å². The van der Waals surface area contributed by atoms with E-state index in [1.54, 1.807) is 0 Å². The van der Waals surface area contributed by atoms with E-state index in [1.807, 2.05) is 0 Å². The van der Waals surface area contributed by atoms with Crippen molar-refractivity contribution >= 4 is 0 Å². The maximum Gasteiger partial charge on any atom is 0.0622 e. The quantitative estimate of drug-likeness (QED) is 0.819. The average molecular weight is 253 g/mol. The van der Waals surface area contributed by atoms with E-state index in [0.717, 1.165) is 26.1 Å². The summed E-state index contributed by atoms with van der Waals surface area (Å²) in [7, 11) is 2.27. The maximum absolute atomic E-state index is 10.1. The van der Waals surface area contributed by atoms with Crippen LogP contribution < -0.4 is 0 Å². The highest BCUT2D eigenvalue weighted by Crippen LogP contribution is 2.51. The number of ether oxygens (including phenoxy) is 1. The number of nitrogens with zero attached hydrogens (tertiary/aromatic N) is 1. The molecular weight excluding hydrogens is 226 g/mol. The van der Waals surface area contributed by atoms with Crippen LogP contribution in [0.15, 0.2) is 0 Å². The maximum atomic E-state index is 10.1. The summed E-state index contributed by atoms with van der Waals surface area (Å²) in [4.78, 5) is 2.56. The van der Waals surface area contributed by atoms with Crippen LogP contribution in [0.25, 0.3) is 0 Å². The number of likely N-dealkylation sites (N-methyl/N-ethyl adjacent to an activating group) is 1. The minimum atomic E-state index is -0.0778. The summed E-state index contributed by atoms with van der Waals surface area (Å²) in [6, 6.07) is 1.16. The third-order valence-corrected chi connectivity index (χ3v) is 5.75. The summed E-state index contributed by atoms with van der Waals surface area (Å²) in [6.45, 7) is 1.80. The molecule has 0 amide bonds. The monoisotopic (exact) mass is 253 g/mol. The van der Waals surface area contributed by atoms with Crippen molar-refractivity contribution < 1.29 is 9.84 Å². The molecule has 1 heterocycles. The third kappa shape index (κ3) is 2.21. The second-order valence-corrected chi connectivity index (χ2v) is 6.70. The van der Waals surface area contributed by atoms with E-state index in [4.69, 9.17) is 4.74 Å². The summed E-state index contributed by atoms with van der Waals surface area (Å²) < 4.78 is 5.54. The second kappa shape index (κ2) is 5.10. The highest BCUT2D eigenvalue weighted by Gasteiger charge is 2.47. The van der Waals surface area contributed by atoms with Crippen molar-refractivity contribution in [1.29, 1.82) is 0 Å². The van der Waals surface area contributed by atoms with Gasteiger partial charge < -0.3 is 9.84 Å². The van der Waals surface area contributed by atoms with Gasteiger partial charge in [-0.25, -0.2) is 0 Å². The van der Waals surface area contributed by atoms with Crippen molar-refractivity contribution in [2.45, 2.75) is 69.6 Å². The predicted octanol–water partition coefficient (Wildman–Crippen LogP) is 2.18. The molecule has 3 aliphatic rings. The van der Waals surface area contributed by atoms with Crippen molar-refractivity contribution in [1.82, 2.24) is 4.90 Å². The first-order chi connectivity index (χ1) is 8.71. The largest absolute Gasteiger partial charge is 0.393 e. The molecule has 0 radical (unpaired) electrons. The Kier molecular flexibility index (Phi) is 3.65. The first-order valence-corrected chi connectivity index (χ1v) is 7.69. The molecule has 104 valence electrons. The molecule has 18 heavy (non-hydrogen) atoms. The molecule has 1 aliphatic heterocycles. The Bertz CT molecular complexity index is 282. The molecule has 0 bridgehead atoms. The van der Waals surface area contributed by atoms with E-state index in [-0.39, 0.29) is 6.10 Å². The van der Waals surface area contributed by atoms with Gasteiger partial charge in [0.25, 0.3) is 0 Å². The number of hydrogen-bond acceptors (Lipinski definition) is 3. The molecule has 2 saturated carbocycles. The molecular formula is C15H27NO2. The fraction of sp³-hybridized carbons (Fsp3) is 1.00. The van der Waals surface area contributed by atoms with Crippen LogP contribution in [0.1, 0.15) is 51.4 Å². The molecule has 2 aliphatic carbocycles. The van der Waals surface area contributed by atoms with E-state index >= 15 is 0 Å². The van der Waals surface area contributed by atoms with Crippen molar-refractivity contribution in [3.05, 3.63) is 0 Å². The Labute approximate surface area is 110 Å². The molecule has 3 nitrogen and oxygen atoms in total. The Morgan fingerprint density at radius 1 is 1.17 bits per heavy atom. The lowest BCUT2D eigenvalue weighted by Crippen LogP contribution is -2.53. The molecule has 0 aromatic heterocycles. The van der Waals surface area contributed by atoms with E-state index in [0.29, 0.717) is 17.5 Å². The first-order valence-electron chi connectivity index (χ1n) is 7.69. The van der Waals surface area contributed by atoms with Crippen molar-refractivity contribution in [2.24, 2.45) is 5.41 Å². The molecule has 1 spiro atoms. The number of aliphatic hydroxyl groups excluding tert-OH is 1. The Hall–Kier alpha value is -0.120. The fourth-order valence-electron chi connectivity index (χ4n) is 4.60. The molecule has 3 fully saturated rings. The second-order valence-electron chi connectivity index (χ2n) is 6.70. The Morgan fingerprint density at radius 2 is 1.94 bits per heavy atom. The van der Waals surface area contributed by atoms with Crippen LogP contribution in [-0.4, -0.2) is 48.5 Å². The molecule has 0 aromatic rings. The molecule has 3 heteroatoms. The number of aliphatic hydroxyl groups is 1. The predicted molar refractivity (Wildman–Crippen MR) is 71.5 cm³/mol. The Balaban J connectivity index is 1.76. The molecule has 3 rings (SSSR count). The van der Waals surface area contributed by atoms with Crippen molar-refractivity contribution in [3.8, 4) is 0 Å². The van der Waals surface area contributed by atoms with Gasteiger partial charge in [0.15, 0.2) is 0 Å². The van der Waals surface area contributed by atoms with Gasteiger partial charge >= 0.3 is 0 Å². The van der Waals surface area contributed by atoms with Gasteiger partial charge in [0.05, 0.1) is 12.7 Å². The zero-order valence-electron chi connectivity index (χ0n) is 11.6. The average Bonchev–Trinajstić information content (AvgIpc) is 3.03. The lowest BCUT2D eigenvalue weighted by atomic mass is 9.67. The van der Waals surface area contributed by atoms with Crippen LogP contribution in [0.5, 0.6) is 0 Å². The summed E-state index contributed by atoms with van der Waals surface area (Å²) in [5.74, 6) is 0. The van der Waals surface area contributed by atoms with Gasteiger partial charge in [0.1, 0.15) is 0 Å². The zero-order chi connectivity index (χ0) is 12.6. The fourth-order valence-corrected chi connectivity index (χ4v) is 4.60. The van der Waals surface area contributed by atoms with Crippen LogP contribution in [-0.2, 0) is 4.74 Å². The lowest BCUT2D eigenvalue weighted by Gasteiger charge is -2.49. The lowest BCUT2D eigenvalue weighted by molar-refractivity contribution is -0.0328. The third-order valence-electron chi connectivity index (χ3n) is 5.75. The van der Waals surface area contributed by atoms with Crippen LogP contribution in [0.3, 0.4) is 0 Å². The van der Waals surface area contributed by atoms with Gasteiger partial charge in [0, 0.05) is 18.7 Å². The molecule has 0 aromatic carbocycles. The highest BCUT2D eigenvalue weighted by molar-refractivity contribution is 5.01. The van der Waals surface area contributed by atoms with Crippen LogP contribution in [0.2, 0.25) is 0 Å².